The van der Waals surface area contributed by atoms with Gasteiger partial charge in [-0.25, -0.2) is 0 Å². The van der Waals surface area contributed by atoms with Gasteiger partial charge in [-0.3, -0.25) is 0 Å². The Morgan fingerprint density at radius 3 is 2.82 bits per heavy atom. The van der Waals surface area contributed by atoms with E-state index in [-0.39, 0.29) is 0 Å². The van der Waals surface area contributed by atoms with Crippen molar-refractivity contribution in [3.8, 4) is 0 Å². The molecule has 0 amide bonds. The van der Waals surface area contributed by atoms with E-state index in [1.807, 2.05) is 12.1 Å². The molecule has 0 fully saturated rings. The molecule has 0 atom stereocenters. The van der Waals surface area contributed by atoms with Crippen LogP contribution in [0.2, 0.25) is 0 Å². The molecule has 2 rings (SSSR count). The Morgan fingerprint density at radius 1 is 1.35 bits per heavy atom. The van der Waals surface area contributed by atoms with Gasteiger partial charge < -0.3 is 10.6 Å². The van der Waals surface area contributed by atoms with Crippen LogP contribution in [0.5, 0.6) is 0 Å². The minimum Gasteiger partial charge on any atom is -0.397 e. The van der Waals surface area contributed by atoms with Gasteiger partial charge in [0.05, 0.1) is 17.9 Å². The first-order chi connectivity index (χ1) is 8.20. The molecular weight excluding hydrogens is 296 g/mol. The smallest absolute Gasteiger partial charge is 0.0614 e. The topological polar surface area (TPSA) is 29.3 Å². The highest BCUT2D eigenvalue weighted by molar-refractivity contribution is 9.10. The van der Waals surface area contributed by atoms with E-state index >= 15 is 0 Å². The first-order valence-electron chi connectivity index (χ1n) is 5.53. The zero-order chi connectivity index (χ0) is 12.3. The summed E-state index contributed by atoms with van der Waals surface area (Å²) in [5.74, 6) is 0. The van der Waals surface area contributed by atoms with E-state index in [4.69, 9.17) is 5.73 Å². The number of nitrogen functional groups attached to an aromatic ring is 1. The summed E-state index contributed by atoms with van der Waals surface area (Å²) < 4.78 is 1.06. The predicted octanol–water partition coefficient (Wildman–Crippen LogP) is 4.12. The monoisotopic (exact) mass is 310 g/mol. The van der Waals surface area contributed by atoms with Crippen molar-refractivity contribution >= 4 is 38.6 Å². The summed E-state index contributed by atoms with van der Waals surface area (Å²) in [6, 6.07) is 10.2. The van der Waals surface area contributed by atoms with E-state index in [1.165, 1.54) is 4.88 Å². The van der Waals surface area contributed by atoms with Crippen molar-refractivity contribution in [2.75, 3.05) is 17.2 Å². The average molecular weight is 311 g/mol. The minimum absolute atomic E-state index is 0.826. The highest BCUT2D eigenvalue weighted by atomic mass is 79.9. The van der Waals surface area contributed by atoms with Gasteiger partial charge in [0.25, 0.3) is 0 Å². The van der Waals surface area contributed by atoms with Crippen LogP contribution in [0.15, 0.2) is 40.2 Å². The summed E-state index contributed by atoms with van der Waals surface area (Å²) in [4.78, 5) is 3.64. The molecule has 0 aliphatic heterocycles. The standard InChI is InChI=1S/C13H15BrN2S/c1-2-16(9-11-4-3-7-17-11)13-8-10(14)5-6-12(13)15/h3-8H,2,9,15H2,1H3. The van der Waals surface area contributed by atoms with Crippen LogP contribution in [0, 0.1) is 0 Å². The molecule has 2 N–H and O–H groups in total. The lowest BCUT2D eigenvalue weighted by atomic mass is 10.2. The predicted molar refractivity (Wildman–Crippen MR) is 79.6 cm³/mol. The van der Waals surface area contributed by atoms with Gasteiger partial charge in [0.2, 0.25) is 0 Å². The third kappa shape index (κ3) is 3.01. The summed E-state index contributed by atoms with van der Waals surface area (Å²) in [6.07, 6.45) is 0. The molecule has 90 valence electrons. The van der Waals surface area contributed by atoms with E-state index in [2.05, 4.69) is 51.3 Å². The van der Waals surface area contributed by atoms with E-state index in [1.54, 1.807) is 11.3 Å². The normalized spacial score (nSPS) is 10.5. The fourth-order valence-electron chi connectivity index (χ4n) is 1.75. The summed E-state index contributed by atoms with van der Waals surface area (Å²) in [6.45, 7) is 4.00. The van der Waals surface area contributed by atoms with Gasteiger partial charge in [0.1, 0.15) is 0 Å². The van der Waals surface area contributed by atoms with Crippen molar-refractivity contribution in [1.29, 1.82) is 0 Å². The zero-order valence-electron chi connectivity index (χ0n) is 9.69. The Labute approximate surface area is 114 Å². The van der Waals surface area contributed by atoms with E-state index < -0.39 is 0 Å². The van der Waals surface area contributed by atoms with Crippen molar-refractivity contribution in [3.05, 3.63) is 45.1 Å². The van der Waals surface area contributed by atoms with Crippen LogP contribution in [0.1, 0.15) is 11.8 Å². The summed E-state index contributed by atoms with van der Waals surface area (Å²) in [5.41, 5.74) is 7.95. The fraction of sp³-hybridized carbons (Fsp3) is 0.231. The highest BCUT2D eigenvalue weighted by Gasteiger charge is 2.09. The lowest BCUT2D eigenvalue weighted by Crippen LogP contribution is -2.22. The summed E-state index contributed by atoms with van der Waals surface area (Å²) >= 11 is 5.27. The van der Waals surface area contributed by atoms with Crippen LogP contribution >= 0.6 is 27.3 Å². The fourth-order valence-corrected chi connectivity index (χ4v) is 2.82. The Hall–Kier alpha value is -1.00. The molecule has 0 spiro atoms. The van der Waals surface area contributed by atoms with Gasteiger partial charge in [-0.1, -0.05) is 22.0 Å². The molecule has 2 aromatic rings. The van der Waals surface area contributed by atoms with Crippen molar-refractivity contribution in [2.24, 2.45) is 0 Å². The number of thiophene rings is 1. The van der Waals surface area contributed by atoms with Crippen LogP contribution in [-0.2, 0) is 6.54 Å². The van der Waals surface area contributed by atoms with Crippen LogP contribution < -0.4 is 10.6 Å². The first-order valence-corrected chi connectivity index (χ1v) is 7.20. The highest BCUT2D eigenvalue weighted by Crippen LogP contribution is 2.28. The molecule has 1 heterocycles. The van der Waals surface area contributed by atoms with Crippen LogP contribution in [0.25, 0.3) is 0 Å². The van der Waals surface area contributed by atoms with Crippen LogP contribution in [0.4, 0.5) is 11.4 Å². The van der Waals surface area contributed by atoms with Crippen molar-refractivity contribution in [2.45, 2.75) is 13.5 Å². The molecule has 2 nitrogen and oxygen atoms in total. The van der Waals surface area contributed by atoms with E-state index in [9.17, 15) is 0 Å². The van der Waals surface area contributed by atoms with Crippen molar-refractivity contribution < 1.29 is 0 Å². The molecule has 0 saturated carbocycles. The summed E-state index contributed by atoms with van der Waals surface area (Å²) in [5, 5.41) is 2.10. The third-order valence-electron chi connectivity index (χ3n) is 2.64. The average Bonchev–Trinajstić information content (AvgIpc) is 2.82. The molecule has 1 aromatic carbocycles. The number of halogens is 1. The lowest BCUT2D eigenvalue weighted by Gasteiger charge is -2.24. The molecule has 4 heteroatoms. The number of hydrogen-bond acceptors (Lipinski definition) is 3. The van der Waals surface area contributed by atoms with Crippen molar-refractivity contribution in [3.63, 3.8) is 0 Å². The third-order valence-corrected chi connectivity index (χ3v) is 4.00. The Bertz CT molecular complexity index is 482. The maximum Gasteiger partial charge on any atom is 0.0614 e. The second-order valence-corrected chi connectivity index (χ2v) is 5.74. The largest absolute Gasteiger partial charge is 0.397 e. The quantitative estimate of drug-likeness (QED) is 0.861. The molecule has 0 radical (unpaired) electrons. The zero-order valence-corrected chi connectivity index (χ0v) is 12.1. The van der Waals surface area contributed by atoms with Gasteiger partial charge >= 0.3 is 0 Å². The van der Waals surface area contributed by atoms with Crippen LogP contribution in [0.3, 0.4) is 0 Å². The number of nitrogens with two attached hydrogens (primary N) is 1. The molecule has 0 bridgehead atoms. The maximum atomic E-state index is 6.04. The SMILES string of the molecule is CCN(Cc1cccs1)c1cc(Br)ccc1N. The van der Waals surface area contributed by atoms with E-state index in [0.29, 0.717) is 0 Å². The summed E-state index contributed by atoms with van der Waals surface area (Å²) in [7, 11) is 0. The number of anilines is 2. The van der Waals surface area contributed by atoms with Crippen LogP contribution in [-0.4, -0.2) is 6.54 Å². The number of hydrogen-bond donors (Lipinski definition) is 1. The molecule has 0 unspecified atom stereocenters. The molecule has 17 heavy (non-hydrogen) atoms. The Balaban J connectivity index is 2.25. The molecular formula is C13H15BrN2S. The van der Waals surface area contributed by atoms with Gasteiger partial charge in [-0.15, -0.1) is 11.3 Å². The minimum atomic E-state index is 0.826. The number of nitrogens with zero attached hydrogens (tertiary/aromatic N) is 1. The molecule has 0 aliphatic rings. The first kappa shape index (κ1) is 12.5. The Morgan fingerprint density at radius 2 is 2.18 bits per heavy atom. The second kappa shape index (κ2) is 5.56. The number of benzene rings is 1. The van der Waals surface area contributed by atoms with Gasteiger partial charge in [-0.05, 0) is 36.6 Å². The van der Waals surface area contributed by atoms with Gasteiger partial charge in [0, 0.05) is 15.9 Å². The van der Waals surface area contributed by atoms with Crippen molar-refractivity contribution in [1.82, 2.24) is 0 Å². The molecule has 1 aromatic heterocycles. The lowest BCUT2D eigenvalue weighted by molar-refractivity contribution is 0.843. The van der Waals surface area contributed by atoms with Gasteiger partial charge in [0.15, 0.2) is 0 Å². The molecule has 0 saturated heterocycles. The maximum absolute atomic E-state index is 6.04. The molecule has 0 aliphatic carbocycles. The second-order valence-electron chi connectivity index (χ2n) is 3.80. The number of rotatable bonds is 4. The van der Waals surface area contributed by atoms with E-state index in [0.717, 1.165) is 28.9 Å². The van der Waals surface area contributed by atoms with Gasteiger partial charge in [-0.2, -0.15) is 0 Å². The Kier molecular flexibility index (Phi) is 4.07.